The molecule has 0 fully saturated rings. The minimum absolute atomic E-state index is 0.0424. The van der Waals surface area contributed by atoms with E-state index in [2.05, 4.69) is 17.6 Å². The first kappa shape index (κ1) is 17.8. The van der Waals surface area contributed by atoms with E-state index in [1.165, 1.54) is 14.2 Å². The van der Waals surface area contributed by atoms with E-state index in [1.807, 2.05) is 0 Å². The average Bonchev–Trinajstić information content (AvgIpc) is 2.55. The van der Waals surface area contributed by atoms with Crippen molar-refractivity contribution in [2.75, 3.05) is 27.3 Å². The fraction of sp³-hybridized carbons (Fsp3) is 0.500. The molecule has 0 heterocycles. The molecule has 0 saturated carbocycles. The van der Waals surface area contributed by atoms with Crippen molar-refractivity contribution in [3.8, 4) is 11.5 Å². The van der Waals surface area contributed by atoms with Crippen molar-refractivity contribution in [1.29, 1.82) is 0 Å². The number of carbonyl (C=O) groups is 2. The third-order valence-electron chi connectivity index (χ3n) is 3.16. The molecular weight excluding hydrogens is 284 g/mol. The van der Waals surface area contributed by atoms with Crippen LogP contribution in [-0.4, -0.2) is 39.1 Å². The molecule has 22 heavy (non-hydrogen) atoms. The Morgan fingerprint density at radius 1 is 1.05 bits per heavy atom. The summed E-state index contributed by atoms with van der Waals surface area (Å²) in [6.07, 6.45) is 3.13. The molecule has 6 nitrogen and oxygen atoms in total. The molecule has 1 aromatic rings. The highest BCUT2D eigenvalue weighted by atomic mass is 16.5. The number of rotatable bonds is 9. The first-order valence-corrected chi connectivity index (χ1v) is 7.39. The van der Waals surface area contributed by atoms with Crippen LogP contribution in [0.3, 0.4) is 0 Å². The van der Waals surface area contributed by atoms with Gasteiger partial charge in [0.2, 0.25) is 5.91 Å². The first-order chi connectivity index (χ1) is 10.6. The van der Waals surface area contributed by atoms with Crippen LogP contribution in [0.25, 0.3) is 0 Å². The van der Waals surface area contributed by atoms with E-state index >= 15 is 0 Å². The van der Waals surface area contributed by atoms with Crippen molar-refractivity contribution in [1.82, 2.24) is 10.6 Å². The molecule has 0 saturated heterocycles. The molecule has 0 bridgehead atoms. The fourth-order valence-corrected chi connectivity index (χ4v) is 1.91. The normalized spacial score (nSPS) is 9.95. The van der Waals surface area contributed by atoms with Crippen molar-refractivity contribution in [3.05, 3.63) is 23.8 Å². The summed E-state index contributed by atoms with van der Waals surface area (Å²) in [5.74, 6) is 0.501. The molecule has 122 valence electrons. The van der Waals surface area contributed by atoms with Crippen molar-refractivity contribution in [2.24, 2.45) is 0 Å². The number of hydrogen-bond donors (Lipinski definition) is 2. The largest absolute Gasteiger partial charge is 0.493 e. The molecule has 1 rings (SSSR count). The highest BCUT2D eigenvalue weighted by Gasteiger charge is 2.11. The highest BCUT2D eigenvalue weighted by Crippen LogP contribution is 2.27. The Hall–Kier alpha value is -2.24. The van der Waals surface area contributed by atoms with Crippen LogP contribution in [-0.2, 0) is 4.79 Å². The Bertz CT molecular complexity index is 503. The summed E-state index contributed by atoms with van der Waals surface area (Å²) in [6.45, 7) is 2.70. The lowest BCUT2D eigenvalue weighted by atomic mass is 10.2. The maximum atomic E-state index is 12.0. The second kappa shape index (κ2) is 9.65. The summed E-state index contributed by atoms with van der Waals surface area (Å²) in [5.41, 5.74) is 0.413. The summed E-state index contributed by atoms with van der Waals surface area (Å²) < 4.78 is 10.3. The number of hydrogen-bond acceptors (Lipinski definition) is 4. The molecule has 0 atom stereocenters. The molecule has 0 aliphatic carbocycles. The number of methoxy groups -OCH3 is 2. The van der Waals surface area contributed by atoms with Crippen LogP contribution in [0.2, 0.25) is 0 Å². The summed E-state index contributed by atoms with van der Waals surface area (Å²) in [7, 11) is 3.03. The Labute approximate surface area is 131 Å². The van der Waals surface area contributed by atoms with Gasteiger partial charge in [-0.25, -0.2) is 0 Å². The van der Waals surface area contributed by atoms with Gasteiger partial charge in [0.05, 0.1) is 20.8 Å². The number of carbonyl (C=O) groups excluding carboxylic acids is 2. The third-order valence-corrected chi connectivity index (χ3v) is 3.16. The maximum absolute atomic E-state index is 12.0. The summed E-state index contributed by atoms with van der Waals surface area (Å²) in [4.78, 5) is 23.6. The van der Waals surface area contributed by atoms with Crippen LogP contribution >= 0.6 is 0 Å². The van der Waals surface area contributed by atoms with Crippen molar-refractivity contribution >= 4 is 11.8 Å². The van der Waals surface area contributed by atoms with Crippen molar-refractivity contribution < 1.29 is 19.1 Å². The van der Waals surface area contributed by atoms with E-state index in [4.69, 9.17) is 9.47 Å². The fourth-order valence-electron chi connectivity index (χ4n) is 1.91. The predicted octanol–water partition coefficient (Wildman–Crippen LogP) is 1.74. The smallest absolute Gasteiger partial charge is 0.251 e. The number of unbranched alkanes of at least 4 members (excludes halogenated alkanes) is 2. The SMILES string of the molecule is CCCCCNC(=O)CNC(=O)c1ccc(OC)c(OC)c1. The number of nitrogens with one attached hydrogen (secondary N) is 2. The van der Waals surface area contributed by atoms with Crippen LogP contribution in [0.5, 0.6) is 11.5 Å². The van der Waals surface area contributed by atoms with Gasteiger partial charge in [0.1, 0.15) is 0 Å². The zero-order valence-corrected chi connectivity index (χ0v) is 13.4. The maximum Gasteiger partial charge on any atom is 0.251 e. The van der Waals surface area contributed by atoms with E-state index in [0.717, 1.165) is 19.3 Å². The lowest BCUT2D eigenvalue weighted by Crippen LogP contribution is -2.37. The Morgan fingerprint density at radius 3 is 2.41 bits per heavy atom. The van der Waals surface area contributed by atoms with Crippen LogP contribution in [0, 0.1) is 0 Å². The van der Waals surface area contributed by atoms with Crippen LogP contribution in [0.4, 0.5) is 0 Å². The molecular formula is C16H24N2O4. The molecule has 0 aliphatic heterocycles. The molecule has 0 radical (unpaired) electrons. The van der Waals surface area contributed by atoms with Crippen molar-refractivity contribution in [3.63, 3.8) is 0 Å². The number of amides is 2. The van der Waals surface area contributed by atoms with Gasteiger partial charge in [-0.05, 0) is 24.6 Å². The molecule has 0 aromatic heterocycles. The molecule has 6 heteroatoms. The number of benzene rings is 1. The van der Waals surface area contributed by atoms with Gasteiger partial charge < -0.3 is 20.1 Å². The highest BCUT2D eigenvalue weighted by molar-refractivity contribution is 5.97. The van der Waals surface area contributed by atoms with E-state index in [0.29, 0.717) is 23.6 Å². The Balaban J connectivity index is 2.46. The summed E-state index contributed by atoms with van der Waals surface area (Å²) in [6, 6.07) is 4.85. The monoisotopic (exact) mass is 308 g/mol. The third kappa shape index (κ3) is 5.63. The summed E-state index contributed by atoms with van der Waals surface area (Å²) >= 11 is 0. The van der Waals surface area contributed by atoms with Gasteiger partial charge >= 0.3 is 0 Å². The van der Waals surface area contributed by atoms with Gasteiger partial charge in [-0.15, -0.1) is 0 Å². The Kier molecular flexibility index (Phi) is 7.81. The van der Waals surface area contributed by atoms with Gasteiger partial charge in [-0.3, -0.25) is 9.59 Å². The molecule has 1 aromatic carbocycles. The standard InChI is InChI=1S/C16H24N2O4/c1-4-5-6-9-17-15(19)11-18-16(20)12-7-8-13(21-2)14(10-12)22-3/h7-8,10H,4-6,9,11H2,1-3H3,(H,17,19)(H,18,20). The zero-order chi connectivity index (χ0) is 16.4. The van der Waals surface area contributed by atoms with Gasteiger partial charge in [0.15, 0.2) is 11.5 Å². The van der Waals surface area contributed by atoms with Crippen LogP contribution in [0.1, 0.15) is 36.5 Å². The minimum atomic E-state index is -0.329. The van der Waals surface area contributed by atoms with Gasteiger partial charge in [-0.1, -0.05) is 19.8 Å². The van der Waals surface area contributed by atoms with E-state index in [1.54, 1.807) is 18.2 Å². The molecule has 0 aliphatic rings. The van der Waals surface area contributed by atoms with Gasteiger partial charge in [-0.2, -0.15) is 0 Å². The molecule has 0 unspecified atom stereocenters. The minimum Gasteiger partial charge on any atom is -0.493 e. The zero-order valence-electron chi connectivity index (χ0n) is 13.4. The predicted molar refractivity (Wildman–Crippen MR) is 84.4 cm³/mol. The van der Waals surface area contributed by atoms with Gasteiger partial charge in [0, 0.05) is 12.1 Å². The summed E-state index contributed by atoms with van der Waals surface area (Å²) in [5, 5.41) is 5.35. The average molecular weight is 308 g/mol. The lowest BCUT2D eigenvalue weighted by Gasteiger charge is -2.10. The van der Waals surface area contributed by atoms with Gasteiger partial charge in [0.25, 0.3) is 5.91 Å². The quantitative estimate of drug-likeness (QED) is 0.681. The van der Waals surface area contributed by atoms with E-state index in [9.17, 15) is 9.59 Å². The second-order valence-corrected chi connectivity index (χ2v) is 4.81. The van der Waals surface area contributed by atoms with Crippen LogP contribution in [0.15, 0.2) is 18.2 Å². The van der Waals surface area contributed by atoms with E-state index in [-0.39, 0.29) is 18.4 Å². The van der Waals surface area contributed by atoms with Crippen molar-refractivity contribution in [2.45, 2.75) is 26.2 Å². The lowest BCUT2D eigenvalue weighted by molar-refractivity contribution is -0.120. The molecule has 2 N–H and O–H groups in total. The second-order valence-electron chi connectivity index (χ2n) is 4.81. The van der Waals surface area contributed by atoms with Crippen LogP contribution < -0.4 is 20.1 Å². The number of ether oxygens (including phenoxy) is 2. The molecule has 2 amide bonds. The Morgan fingerprint density at radius 2 is 1.77 bits per heavy atom. The first-order valence-electron chi connectivity index (χ1n) is 7.39. The molecule has 0 spiro atoms. The van der Waals surface area contributed by atoms with E-state index < -0.39 is 0 Å². The topological polar surface area (TPSA) is 76.7 Å².